The Hall–Kier alpha value is -0.643. The van der Waals surface area contributed by atoms with Crippen molar-refractivity contribution in [3.05, 3.63) is 35.9 Å². The molecule has 1 rings (SSSR count). The maximum absolute atomic E-state index is 5.22. The molecule has 1 aromatic carbocycles. The van der Waals surface area contributed by atoms with Crippen LogP contribution in [0.1, 0.15) is 12.0 Å². The van der Waals surface area contributed by atoms with Crippen LogP contribution in [0.15, 0.2) is 30.3 Å². The minimum absolute atomic E-state index is 0.993. The first kappa shape index (κ1) is 11.4. The van der Waals surface area contributed by atoms with Gasteiger partial charge in [0.05, 0.1) is 0 Å². The van der Waals surface area contributed by atoms with Crippen LogP contribution in [0.25, 0.3) is 0 Å². The summed E-state index contributed by atoms with van der Waals surface area (Å²) in [5, 5.41) is 0. The first-order valence-corrected chi connectivity index (χ1v) is 6.37. The third-order valence-corrected chi connectivity index (χ3v) is 3.82. The standard InChI is InChI=1S/C11H17O2Si/c1-12-14(13-2)10-6-9-11-7-4-3-5-8-11/h3-5,7-8H,6,9-10H2,1-2H3. The van der Waals surface area contributed by atoms with Crippen LogP contribution in [-0.4, -0.2) is 23.5 Å². The molecule has 2 nitrogen and oxygen atoms in total. The second-order valence-corrected chi connectivity index (χ2v) is 5.18. The normalized spacial score (nSPS) is 10.8. The fourth-order valence-corrected chi connectivity index (χ4v) is 2.41. The molecule has 0 heterocycles. The third kappa shape index (κ3) is 4.04. The predicted molar refractivity (Wildman–Crippen MR) is 59.3 cm³/mol. The van der Waals surface area contributed by atoms with Gasteiger partial charge in [0.15, 0.2) is 0 Å². The summed E-state index contributed by atoms with van der Waals surface area (Å²) in [4.78, 5) is 0. The molecule has 0 atom stereocenters. The Morgan fingerprint density at radius 2 is 1.71 bits per heavy atom. The van der Waals surface area contributed by atoms with Gasteiger partial charge in [0.25, 0.3) is 0 Å². The van der Waals surface area contributed by atoms with E-state index in [1.54, 1.807) is 14.2 Å². The molecular weight excluding hydrogens is 192 g/mol. The smallest absolute Gasteiger partial charge is 0.384 e. The van der Waals surface area contributed by atoms with E-state index in [0.29, 0.717) is 0 Å². The van der Waals surface area contributed by atoms with Crippen LogP contribution in [0, 0.1) is 0 Å². The van der Waals surface area contributed by atoms with E-state index in [4.69, 9.17) is 8.85 Å². The second kappa shape index (κ2) is 6.76. The molecule has 0 fully saturated rings. The fraction of sp³-hybridized carbons (Fsp3) is 0.455. The van der Waals surface area contributed by atoms with Gasteiger partial charge in [-0.25, -0.2) is 0 Å². The lowest BCUT2D eigenvalue weighted by molar-refractivity contribution is 0.276. The van der Waals surface area contributed by atoms with Gasteiger partial charge < -0.3 is 8.85 Å². The van der Waals surface area contributed by atoms with Gasteiger partial charge in [-0.3, -0.25) is 0 Å². The van der Waals surface area contributed by atoms with E-state index in [-0.39, 0.29) is 0 Å². The number of rotatable bonds is 6. The molecule has 0 aliphatic carbocycles. The fourth-order valence-electron chi connectivity index (χ4n) is 1.37. The number of hydrogen-bond donors (Lipinski definition) is 0. The van der Waals surface area contributed by atoms with Gasteiger partial charge in [-0.05, 0) is 24.4 Å². The van der Waals surface area contributed by atoms with Crippen LogP contribution >= 0.6 is 0 Å². The van der Waals surface area contributed by atoms with Crippen LogP contribution < -0.4 is 0 Å². The Labute approximate surface area is 87.7 Å². The summed E-state index contributed by atoms with van der Waals surface area (Å²) in [5.41, 5.74) is 1.39. The first-order valence-electron chi connectivity index (χ1n) is 4.84. The molecule has 77 valence electrons. The van der Waals surface area contributed by atoms with Crippen molar-refractivity contribution >= 4 is 9.28 Å². The highest BCUT2D eigenvalue weighted by atomic mass is 28.3. The van der Waals surface area contributed by atoms with Crippen molar-refractivity contribution in [3.63, 3.8) is 0 Å². The van der Waals surface area contributed by atoms with Crippen LogP contribution in [0.3, 0.4) is 0 Å². The molecule has 1 aromatic rings. The van der Waals surface area contributed by atoms with Gasteiger partial charge in [0, 0.05) is 14.2 Å². The van der Waals surface area contributed by atoms with Gasteiger partial charge in [0.2, 0.25) is 0 Å². The van der Waals surface area contributed by atoms with E-state index in [2.05, 4.69) is 24.3 Å². The van der Waals surface area contributed by atoms with E-state index in [0.717, 1.165) is 18.9 Å². The van der Waals surface area contributed by atoms with Crippen molar-refractivity contribution in [2.24, 2.45) is 0 Å². The minimum atomic E-state index is -0.993. The quantitative estimate of drug-likeness (QED) is 0.670. The van der Waals surface area contributed by atoms with Crippen LogP contribution in [-0.2, 0) is 15.3 Å². The molecule has 0 unspecified atom stereocenters. The number of aryl methyl sites for hydroxylation is 1. The summed E-state index contributed by atoms with van der Waals surface area (Å²) in [7, 11) is 2.45. The highest BCUT2D eigenvalue weighted by Crippen LogP contribution is 2.07. The molecule has 0 amide bonds. The van der Waals surface area contributed by atoms with Gasteiger partial charge in [-0.1, -0.05) is 30.3 Å². The second-order valence-electron chi connectivity index (χ2n) is 3.12. The lowest BCUT2D eigenvalue weighted by atomic mass is 10.1. The van der Waals surface area contributed by atoms with Gasteiger partial charge >= 0.3 is 9.28 Å². The zero-order valence-electron chi connectivity index (χ0n) is 8.82. The monoisotopic (exact) mass is 209 g/mol. The van der Waals surface area contributed by atoms with Crippen LogP contribution in [0.5, 0.6) is 0 Å². The van der Waals surface area contributed by atoms with Crippen LogP contribution in [0.2, 0.25) is 6.04 Å². The summed E-state index contributed by atoms with van der Waals surface area (Å²) < 4.78 is 10.4. The van der Waals surface area contributed by atoms with E-state index < -0.39 is 9.28 Å². The third-order valence-electron chi connectivity index (χ3n) is 2.14. The molecule has 0 saturated heterocycles. The molecule has 3 heteroatoms. The van der Waals surface area contributed by atoms with Gasteiger partial charge in [-0.15, -0.1) is 0 Å². The lowest BCUT2D eigenvalue weighted by Gasteiger charge is -2.08. The average Bonchev–Trinajstić information content (AvgIpc) is 2.26. The molecule has 0 aliphatic heterocycles. The predicted octanol–water partition coefficient (Wildman–Crippen LogP) is 2.40. The molecule has 0 aromatic heterocycles. The van der Waals surface area contributed by atoms with Crippen molar-refractivity contribution < 1.29 is 8.85 Å². The number of benzene rings is 1. The van der Waals surface area contributed by atoms with Crippen molar-refractivity contribution in [2.75, 3.05) is 14.2 Å². The average molecular weight is 209 g/mol. The maximum Gasteiger partial charge on any atom is 0.384 e. The summed E-state index contributed by atoms with van der Waals surface area (Å²) >= 11 is 0. The lowest BCUT2D eigenvalue weighted by Crippen LogP contribution is -2.18. The van der Waals surface area contributed by atoms with E-state index in [1.807, 2.05) is 6.07 Å². The SMILES string of the molecule is CO[Si](CCCc1ccccc1)OC. The van der Waals surface area contributed by atoms with Crippen molar-refractivity contribution in [2.45, 2.75) is 18.9 Å². The first-order chi connectivity index (χ1) is 6.86. The molecule has 14 heavy (non-hydrogen) atoms. The maximum atomic E-state index is 5.22. The summed E-state index contributed by atoms with van der Waals surface area (Å²) in [6.07, 6.45) is 2.25. The topological polar surface area (TPSA) is 18.5 Å². The highest BCUT2D eigenvalue weighted by molar-refractivity contribution is 6.44. The number of hydrogen-bond acceptors (Lipinski definition) is 2. The Bertz CT molecular complexity index is 234. The summed E-state index contributed by atoms with van der Waals surface area (Å²) in [5.74, 6) is 0. The molecular formula is C11H17O2Si. The van der Waals surface area contributed by atoms with E-state index in [9.17, 15) is 0 Å². The van der Waals surface area contributed by atoms with E-state index in [1.165, 1.54) is 5.56 Å². The molecule has 0 spiro atoms. The highest BCUT2D eigenvalue weighted by Gasteiger charge is 2.10. The summed E-state index contributed by atoms with van der Waals surface area (Å²) in [6.45, 7) is 0. The Morgan fingerprint density at radius 3 is 2.29 bits per heavy atom. The molecule has 0 bridgehead atoms. The zero-order chi connectivity index (χ0) is 10.2. The Morgan fingerprint density at radius 1 is 1.07 bits per heavy atom. The van der Waals surface area contributed by atoms with Crippen molar-refractivity contribution in [3.8, 4) is 0 Å². The van der Waals surface area contributed by atoms with Crippen molar-refractivity contribution in [1.82, 2.24) is 0 Å². The Kier molecular flexibility index (Phi) is 5.52. The van der Waals surface area contributed by atoms with Gasteiger partial charge in [0.1, 0.15) is 0 Å². The zero-order valence-corrected chi connectivity index (χ0v) is 9.82. The van der Waals surface area contributed by atoms with E-state index >= 15 is 0 Å². The van der Waals surface area contributed by atoms with Gasteiger partial charge in [-0.2, -0.15) is 0 Å². The molecule has 0 saturated carbocycles. The summed E-state index contributed by atoms with van der Waals surface area (Å²) in [6, 6.07) is 11.6. The molecule has 1 radical (unpaired) electrons. The van der Waals surface area contributed by atoms with Crippen molar-refractivity contribution in [1.29, 1.82) is 0 Å². The Balaban J connectivity index is 2.21. The molecule has 0 aliphatic rings. The molecule has 0 N–H and O–H groups in total. The van der Waals surface area contributed by atoms with Crippen LogP contribution in [0.4, 0.5) is 0 Å². The minimum Gasteiger partial charge on any atom is -0.397 e. The largest absolute Gasteiger partial charge is 0.397 e.